The Bertz CT molecular complexity index is 930. The lowest BCUT2D eigenvalue weighted by atomic mass is 10.0. The summed E-state index contributed by atoms with van der Waals surface area (Å²) in [4.78, 5) is 2.06. The molecule has 0 spiro atoms. The molecule has 0 aliphatic carbocycles. The fourth-order valence-corrected chi connectivity index (χ4v) is 3.51. The maximum atomic E-state index is 9.84. The van der Waals surface area contributed by atoms with E-state index in [1.165, 1.54) is 0 Å². The Morgan fingerprint density at radius 3 is 2.32 bits per heavy atom. The van der Waals surface area contributed by atoms with Gasteiger partial charge in [-0.2, -0.15) is 0 Å². The van der Waals surface area contributed by atoms with E-state index in [9.17, 15) is 10.2 Å². The van der Waals surface area contributed by atoms with Gasteiger partial charge in [-0.25, -0.2) is 0 Å². The van der Waals surface area contributed by atoms with Crippen molar-refractivity contribution in [1.82, 2.24) is 0 Å². The fraction of sp³-hybridized carbons (Fsp3) is 0.182. The van der Waals surface area contributed by atoms with Crippen LogP contribution in [0.25, 0.3) is 0 Å². The zero-order chi connectivity index (χ0) is 19.5. The minimum atomic E-state index is -0.369. The van der Waals surface area contributed by atoms with E-state index in [2.05, 4.69) is 4.90 Å². The SMILES string of the molecule is OC[C@@H]1OCN(c2ccc(Oc3ccc(Cl)cc3)cc2)[C@H]1c1cccc(O)c1. The third kappa shape index (κ3) is 3.92. The number of phenolic OH excluding ortho intramolecular Hbond substituents is 1. The predicted octanol–water partition coefficient (Wildman–Crippen LogP) is 4.73. The highest BCUT2D eigenvalue weighted by molar-refractivity contribution is 6.30. The average Bonchev–Trinajstić information content (AvgIpc) is 3.14. The molecule has 1 heterocycles. The van der Waals surface area contributed by atoms with E-state index in [0.717, 1.165) is 11.3 Å². The van der Waals surface area contributed by atoms with Gasteiger partial charge in [0.05, 0.1) is 12.6 Å². The minimum Gasteiger partial charge on any atom is -0.508 e. The maximum absolute atomic E-state index is 9.84. The summed E-state index contributed by atoms with van der Waals surface area (Å²) in [6.07, 6.45) is -0.369. The van der Waals surface area contributed by atoms with Gasteiger partial charge in [-0.05, 0) is 66.2 Å². The maximum Gasteiger partial charge on any atom is 0.127 e. The molecular formula is C22H20ClNO4. The highest BCUT2D eigenvalue weighted by Gasteiger charge is 2.36. The molecule has 0 aromatic heterocycles. The lowest BCUT2D eigenvalue weighted by Crippen LogP contribution is -2.29. The van der Waals surface area contributed by atoms with Gasteiger partial charge in [0.25, 0.3) is 0 Å². The topological polar surface area (TPSA) is 62.2 Å². The molecule has 5 nitrogen and oxygen atoms in total. The smallest absolute Gasteiger partial charge is 0.127 e. The molecule has 4 rings (SSSR count). The van der Waals surface area contributed by atoms with Gasteiger partial charge in [0, 0.05) is 10.7 Å². The van der Waals surface area contributed by atoms with E-state index in [-0.39, 0.29) is 24.5 Å². The highest BCUT2D eigenvalue weighted by Crippen LogP contribution is 2.37. The van der Waals surface area contributed by atoms with Crippen molar-refractivity contribution in [3.8, 4) is 17.2 Å². The number of hydrogen-bond acceptors (Lipinski definition) is 5. The molecule has 1 saturated heterocycles. The summed E-state index contributed by atoms with van der Waals surface area (Å²) >= 11 is 5.90. The zero-order valence-corrected chi connectivity index (χ0v) is 15.8. The molecule has 0 radical (unpaired) electrons. The van der Waals surface area contributed by atoms with Crippen LogP contribution in [0.3, 0.4) is 0 Å². The van der Waals surface area contributed by atoms with Crippen LogP contribution in [0.5, 0.6) is 17.2 Å². The Morgan fingerprint density at radius 1 is 1.00 bits per heavy atom. The van der Waals surface area contributed by atoms with Crippen molar-refractivity contribution in [2.75, 3.05) is 18.2 Å². The number of halogens is 1. The number of rotatable bonds is 5. The first kappa shape index (κ1) is 18.6. The van der Waals surface area contributed by atoms with Crippen LogP contribution in [0, 0.1) is 0 Å². The summed E-state index contributed by atoms with van der Waals surface area (Å²) in [5, 5.41) is 20.2. The van der Waals surface area contributed by atoms with Crippen LogP contribution in [0.4, 0.5) is 5.69 Å². The second-order valence-electron chi connectivity index (χ2n) is 6.58. The molecule has 144 valence electrons. The molecule has 1 aliphatic rings. The van der Waals surface area contributed by atoms with Crippen LogP contribution < -0.4 is 9.64 Å². The van der Waals surface area contributed by atoms with Crippen molar-refractivity contribution in [3.63, 3.8) is 0 Å². The predicted molar refractivity (Wildman–Crippen MR) is 108 cm³/mol. The Balaban J connectivity index is 1.56. The van der Waals surface area contributed by atoms with Gasteiger partial charge in [-0.3, -0.25) is 0 Å². The van der Waals surface area contributed by atoms with Gasteiger partial charge in [0.15, 0.2) is 0 Å². The summed E-state index contributed by atoms with van der Waals surface area (Å²) in [6, 6.07) is 21.7. The molecule has 1 aliphatic heterocycles. The highest BCUT2D eigenvalue weighted by atomic mass is 35.5. The standard InChI is InChI=1S/C22H20ClNO4/c23-16-4-8-19(9-5-16)28-20-10-6-17(7-11-20)24-14-27-21(13-25)22(24)15-2-1-3-18(26)12-15/h1-12,21-22,25-26H,13-14H2/t21-,22-/m0/s1. The summed E-state index contributed by atoms with van der Waals surface area (Å²) in [5.74, 6) is 1.60. The molecule has 0 saturated carbocycles. The van der Waals surface area contributed by atoms with Gasteiger partial charge in [0.2, 0.25) is 0 Å². The van der Waals surface area contributed by atoms with E-state index in [4.69, 9.17) is 21.1 Å². The molecule has 28 heavy (non-hydrogen) atoms. The lowest BCUT2D eigenvalue weighted by molar-refractivity contribution is 0.0520. The monoisotopic (exact) mass is 397 g/mol. The average molecular weight is 398 g/mol. The van der Waals surface area contributed by atoms with Crippen LogP contribution in [-0.4, -0.2) is 29.7 Å². The second-order valence-corrected chi connectivity index (χ2v) is 7.01. The van der Waals surface area contributed by atoms with Crippen molar-refractivity contribution in [2.24, 2.45) is 0 Å². The van der Waals surface area contributed by atoms with Crippen LogP contribution in [-0.2, 0) is 4.74 Å². The number of nitrogens with zero attached hydrogens (tertiary/aromatic N) is 1. The van der Waals surface area contributed by atoms with Crippen molar-refractivity contribution < 1.29 is 19.7 Å². The minimum absolute atomic E-state index is 0.103. The van der Waals surface area contributed by atoms with E-state index in [0.29, 0.717) is 23.3 Å². The molecule has 0 amide bonds. The number of phenols is 1. The molecule has 0 bridgehead atoms. The fourth-order valence-electron chi connectivity index (χ4n) is 3.38. The summed E-state index contributed by atoms with van der Waals surface area (Å²) in [7, 11) is 0. The number of anilines is 1. The second kappa shape index (κ2) is 8.10. The summed E-state index contributed by atoms with van der Waals surface area (Å²) < 4.78 is 11.6. The zero-order valence-electron chi connectivity index (χ0n) is 15.0. The van der Waals surface area contributed by atoms with Crippen LogP contribution in [0.15, 0.2) is 72.8 Å². The first-order valence-electron chi connectivity index (χ1n) is 8.95. The van der Waals surface area contributed by atoms with Crippen molar-refractivity contribution in [2.45, 2.75) is 12.1 Å². The van der Waals surface area contributed by atoms with Crippen LogP contribution in [0.1, 0.15) is 11.6 Å². The molecule has 6 heteroatoms. The Kier molecular flexibility index (Phi) is 5.39. The molecule has 0 unspecified atom stereocenters. The molecule has 1 fully saturated rings. The van der Waals surface area contributed by atoms with Gasteiger partial charge < -0.3 is 24.6 Å². The van der Waals surface area contributed by atoms with Gasteiger partial charge in [0.1, 0.15) is 30.1 Å². The quantitative estimate of drug-likeness (QED) is 0.651. The summed E-state index contributed by atoms with van der Waals surface area (Å²) in [5.41, 5.74) is 1.82. The number of ether oxygens (including phenoxy) is 2. The molecular weight excluding hydrogens is 378 g/mol. The molecule has 2 N–H and O–H groups in total. The first-order chi connectivity index (χ1) is 13.6. The largest absolute Gasteiger partial charge is 0.508 e. The van der Waals surface area contributed by atoms with Crippen LogP contribution in [0.2, 0.25) is 5.02 Å². The number of aliphatic hydroxyl groups is 1. The van der Waals surface area contributed by atoms with E-state index >= 15 is 0 Å². The normalized spacial score (nSPS) is 19.0. The van der Waals surface area contributed by atoms with Gasteiger partial charge in [-0.1, -0.05) is 23.7 Å². The van der Waals surface area contributed by atoms with Gasteiger partial charge >= 0.3 is 0 Å². The third-order valence-electron chi connectivity index (χ3n) is 4.73. The number of hydrogen-bond donors (Lipinski definition) is 2. The summed E-state index contributed by atoms with van der Waals surface area (Å²) in [6.45, 7) is 0.248. The van der Waals surface area contributed by atoms with Crippen molar-refractivity contribution >= 4 is 17.3 Å². The molecule has 3 aromatic rings. The van der Waals surface area contributed by atoms with E-state index in [1.807, 2.05) is 42.5 Å². The van der Waals surface area contributed by atoms with Crippen LogP contribution >= 0.6 is 11.6 Å². The first-order valence-corrected chi connectivity index (χ1v) is 9.33. The third-order valence-corrected chi connectivity index (χ3v) is 4.98. The van der Waals surface area contributed by atoms with E-state index < -0.39 is 0 Å². The lowest BCUT2D eigenvalue weighted by Gasteiger charge is -2.27. The van der Waals surface area contributed by atoms with E-state index in [1.54, 1.807) is 30.3 Å². The van der Waals surface area contributed by atoms with Crippen molar-refractivity contribution in [3.05, 3.63) is 83.4 Å². The number of aliphatic hydroxyl groups excluding tert-OH is 1. The Hall–Kier alpha value is -2.73. The Morgan fingerprint density at radius 2 is 1.68 bits per heavy atom. The Labute approximate surface area is 168 Å². The molecule has 2 atom stereocenters. The molecule has 3 aromatic carbocycles. The van der Waals surface area contributed by atoms with Gasteiger partial charge in [-0.15, -0.1) is 0 Å². The number of benzene rings is 3. The van der Waals surface area contributed by atoms with Crippen molar-refractivity contribution in [1.29, 1.82) is 0 Å². The number of aromatic hydroxyl groups is 1.